The van der Waals surface area contributed by atoms with Gasteiger partial charge in [0.15, 0.2) is 10.6 Å². The van der Waals surface area contributed by atoms with Crippen molar-refractivity contribution in [2.75, 3.05) is 17.2 Å². The summed E-state index contributed by atoms with van der Waals surface area (Å²) in [7, 11) is 0. The van der Waals surface area contributed by atoms with E-state index in [9.17, 15) is 19.2 Å². The summed E-state index contributed by atoms with van der Waals surface area (Å²) in [5, 5.41) is 9.19. The minimum Gasteiger partial charge on any atom is -0.459 e. The SMILES string of the molecule is N#Cc1cccc(CN2C(=O)C3(SCCN3C(=O)c3ccco3)c3cc(F)ccc32)c1. The lowest BCUT2D eigenvalue weighted by Gasteiger charge is -2.32. The van der Waals surface area contributed by atoms with Crippen molar-refractivity contribution in [2.24, 2.45) is 0 Å². The quantitative estimate of drug-likeness (QED) is 0.627. The van der Waals surface area contributed by atoms with Gasteiger partial charge in [0.25, 0.3) is 11.8 Å². The number of anilines is 1. The molecular weight excluding hydrogens is 417 g/mol. The standard InChI is InChI=1S/C23H16FN3O3S/c24-17-6-7-19-18(12-17)23(27(8-10-31-23)21(28)20-5-2-9-30-20)22(29)26(19)14-16-4-1-3-15(11-16)13-25/h1-7,9,11-12H,8,10,14H2. The van der Waals surface area contributed by atoms with Crippen molar-refractivity contribution in [2.45, 2.75) is 11.4 Å². The highest BCUT2D eigenvalue weighted by molar-refractivity contribution is 8.01. The molecule has 0 radical (unpaired) electrons. The highest BCUT2D eigenvalue weighted by Crippen LogP contribution is 2.54. The first-order valence-electron chi connectivity index (χ1n) is 9.65. The van der Waals surface area contributed by atoms with E-state index in [0.29, 0.717) is 29.1 Å². The number of fused-ring (bicyclic) bond motifs is 2. The molecule has 1 aromatic heterocycles. The van der Waals surface area contributed by atoms with Crippen LogP contribution in [0.5, 0.6) is 0 Å². The summed E-state index contributed by atoms with van der Waals surface area (Å²) in [6, 6.07) is 16.5. The summed E-state index contributed by atoms with van der Waals surface area (Å²) in [6.07, 6.45) is 1.40. The van der Waals surface area contributed by atoms with Gasteiger partial charge in [0.2, 0.25) is 0 Å². The molecule has 3 aromatic rings. The molecule has 1 saturated heterocycles. The monoisotopic (exact) mass is 433 g/mol. The van der Waals surface area contributed by atoms with Crippen molar-refractivity contribution in [1.82, 2.24) is 4.90 Å². The highest BCUT2D eigenvalue weighted by Gasteiger charge is 2.59. The van der Waals surface area contributed by atoms with Gasteiger partial charge in [-0.25, -0.2) is 4.39 Å². The zero-order valence-electron chi connectivity index (χ0n) is 16.2. The maximum absolute atomic E-state index is 14.3. The van der Waals surface area contributed by atoms with Crippen LogP contribution in [-0.2, 0) is 16.2 Å². The second kappa shape index (κ2) is 7.29. The van der Waals surface area contributed by atoms with Gasteiger partial charge in [-0.3, -0.25) is 9.59 Å². The fourth-order valence-corrected chi connectivity index (χ4v) is 5.65. The minimum atomic E-state index is -1.35. The molecule has 0 aliphatic carbocycles. The first-order chi connectivity index (χ1) is 15.0. The van der Waals surface area contributed by atoms with Gasteiger partial charge in [-0.2, -0.15) is 5.26 Å². The third-order valence-electron chi connectivity index (χ3n) is 5.53. The smallest absolute Gasteiger partial charge is 0.291 e. The molecule has 1 fully saturated rings. The minimum absolute atomic E-state index is 0.132. The highest BCUT2D eigenvalue weighted by atomic mass is 32.2. The molecule has 1 spiro atoms. The number of amides is 2. The normalized spacial score (nSPS) is 19.7. The fraction of sp³-hybridized carbons (Fsp3) is 0.174. The molecule has 2 aliphatic rings. The van der Waals surface area contributed by atoms with E-state index in [2.05, 4.69) is 6.07 Å². The first-order valence-corrected chi connectivity index (χ1v) is 10.6. The summed E-state index contributed by atoms with van der Waals surface area (Å²) in [6.45, 7) is 0.543. The number of hydrogen-bond donors (Lipinski definition) is 0. The second-order valence-electron chi connectivity index (χ2n) is 7.29. The van der Waals surface area contributed by atoms with Crippen LogP contribution < -0.4 is 4.90 Å². The molecule has 8 heteroatoms. The largest absolute Gasteiger partial charge is 0.459 e. The fourth-order valence-electron chi connectivity index (χ4n) is 4.20. The summed E-state index contributed by atoms with van der Waals surface area (Å²) in [4.78, 5) is 28.7. The van der Waals surface area contributed by atoms with E-state index in [0.717, 1.165) is 5.56 Å². The molecule has 1 unspecified atom stereocenters. The van der Waals surface area contributed by atoms with Crippen molar-refractivity contribution in [3.05, 3.63) is 89.1 Å². The van der Waals surface area contributed by atoms with Crippen LogP contribution in [-0.4, -0.2) is 29.0 Å². The number of rotatable bonds is 3. The van der Waals surface area contributed by atoms with Crippen LogP contribution in [0.15, 0.2) is 65.3 Å². The number of hydrogen-bond acceptors (Lipinski definition) is 5. The molecule has 0 bridgehead atoms. The Morgan fingerprint density at radius 2 is 2.10 bits per heavy atom. The Balaban J connectivity index is 1.60. The van der Waals surface area contributed by atoms with Crippen LogP contribution in [0.4, 0.5) is 10.1 Å². The van der Waals surface area contributed by atoms with E-state index in [1.807, 2.05) is 6.07 Å². The Bertz CT molecular complexity index is 1240. The van der Waals surface area contributed by atoms with Crippen LogP contribution in [0.25, 0.3) is 0 Å². The third kappa shape index (κ3) is 2.93. The van der Waals surface area contributed by atoms with Gasteiger partial charge < -0.3 is 14.2 Å². The van der Waals surface area contributed by atoms with Crippen LogP contribution in [0.2, 0.25) is 0 Å². The van der Waals surface area contributed by atoms with E-state index < -0.39 is 16.6 Å². The molecule has 2 aliphatic heterocycles. The molecule has 31 heavy (non-hydrogen) atoms. The third-order valence-corrected chi connectivity index (χ3v) is 6.95. The van der Waals surface area contributed by atoms with Crippen LogP contribution in [0, 0.1) is 17.1 Å². The van der Waals surface area contributed by atoms with Crippen molar-refractivity contribution in [3.63, 3.8) is 0 Å². The lowest BCUT2D eigenvalue weighted by atomic mass is 10.1. The average Bonchev–Trinajstić information content (AvgIpc) is 3.51. The van der Waals surface area contributed by atoms with Crippen molar-refractivity contribution >= 4 is 29.3 Å². The predicted molar refractivity (Wildman–Crippen MR) is 113 cm³/mol. The molecule has 0 N–H and O–H groups in total. The zero-order chi connectivity index (χ0) is 21.6. The summed E-state index contributed by atoms with van der Waals surface area (Å²) in [5.41, 5.74) is 2.27. The number of nitrogens with zero attached hydrogens (tertiary/aromatic N) is 3. The Morgan fingerprint density at radius 3 is 2.87 bits per heavy atom. The van der Waals surface area contributed by atoms with Gasteiger partial charge >= 0.3 is 0 Å². The van der Waals surface area contributed by atoms with Gasteiger partial charge in [-0.15, -0.1) is 11.8 Å². The number of carbonyl (C=O) groups is 2. The lowest BCUT2D eigenvalue weighted by molar-refractivity contribution is -0.123. The van der Waals surface area contributed by atoms with E-state index >= 15 is 0 Å². The van der Waals surface area contributed by atoms with Gasteiger partial charge in [0, 0.05) is 17.9 Å². The summed E-state index contributed by atoms with van der Waals surface area (Å²) >= 11 is 1.32. The molecular formula is C23H16FN3O3S. The van der Waals surface area contributed by atoms with E-state index in [1.165, 1.54) is 35.1 Å². The summed E-state index contributed by atoms with van der Waals surface area (Å²) < 4.78 is 19.6. The van der Waals surface area contributed by atoms with E-state index in [1.54, 1.807) is 41.3 Å². The zero-order valence-corrected chi connectivity index (χ0v) is 17.1. The Labute approximate surface area is 181 Å². The molecule has 2 aromatic carbocycles. The number of carbonyl (C=O) groups excluding carboxylic acids is 2. The number of nitriles is 1. The average molecular weight is 433 g/mol. The Morgan fingerprint density at radius 1 is 1.23 bits per heavy atom. The summed E-state index contributed by atoms with van der Waals surface area (Å²) in [5.74, 6) is -0.527. The number of thioether (sulfide) groups is 1. The van der Waals surface area contributed by atoms with Crippen LogP contribution in [0.1, 0.15) is 27.2 Å². The maximum Gasteiger partial charge on any atom is 0.291 e. The molecule has 6 nitrogen and oxygen atoms in total. The van der Waals surface area contributed by atoms with Gasteiger partial charge in [-0.05, 0) is 48.0 Å². The van der Waals surface area contributed by atoms with Gasteiger partial charge in [-0.1, -0.05) is 12.1 Å². The number of benzene rings is 2. The van der Waals surface area contributed by atoms with Crippen LogP contribution in [0.3, 0.4) is 0 Å². The number of furan rings is 1. The lowest BCUT2D eigenvalue weighted by Crippen LogP contribution is -2.50. The molecule has 0 saturated carbocycles. The molecule has 154 valence electrons. The second-order valence-corrected chi connectivity index (χ2v) is 8.58. The van der Waals surface area contributed by atoms with Crippen molar-refractivity contribution < 1.29 is 18.4 Å². The molecule has 5 rings (SSSR count). The van der Waals surface area contributed by atoms with Crippen molar-refractivity contribution in [1.29, 1.82) is 5.26 Å². The predicted octanol–water partition coefficient (Wildman–Crippen LogP) is 3.88. The first kappa shape index (κ1) is 19.4. The topological polar surface area (TPSA) is 77.5 Å². The molecule has 2 amide bonds. The maximum atomic E-state index is 14.3. The van der Waals surface area contributed by atoms with Gasteiger partial charge in [0.1, 0.15) is 5.82 Å². The Hall–Kier alpha value is -3.57. The Kier molecular flexibility index (Phi) is 4.56. The van der Waals surface area contributed by atoms with Crippen LogP contribution >= 0.6 is 11.8 Å². The molecule has 3 heterocycles. The molecule has 1 atom stereocenters. The van der Waals surface area contributed by atoms with Crippen molar-refractivity contribution in [3.8, 4) is 6.07 Å². The van der Waals surface area contributed by atoms with Gasteiger partial charge in [0.05, 0.1) is 30.1 Å². The van der Waals surface area contributed by atoms with E-state index in [4.69, 9.17) is 4.42 Å². The number of halogens is 1. The van der Waals surface area contributed by atoms with E-state index in [-0.39, 0.29) is 18.2 Å².